The normalized spacial score (nSPS) is 12.9. The Balaban J connectivity index is 3.54. The van der Waals surface area contributed by atoms with Crippen LogP contribution >= 0.6 is 0 Å². The van der Waals surface area contributed by atoms with E-state index in [1.54, 1.807) is 12.1 Å². The number of carboxylic acids is 1. The van der Waals surface area contributed by atoms with Crippen LogP contribution in [0, 0.1) is 0 Å². The van der Waals surface area contributed by atoms with E-state index in [0.717, 1.165) is 22.8 Å². The summed E-state index contributed by atoms with van der Waals surface area (Å²) in [5, 5.41) is 19.1. The molecule has 0 aliphatic carbocycles. The molecule has 0 aliphatic rings. The van der Waals surface area contributed by atoms with Gasteiger partial charge >= 0.3 is 5.97 Å². The number of aliphatic carboxylic acids is 1. The number of carbonyl (C=O) groups is 1. The highest BCUT2D eigenvalue weighted by molar-refractivity contribution is 5.85. The Morgan fingerprint density at radius 2 is 1.50 bits per heavy atom. The van der Waals surface area contributed by atoms with Crippen molar-refractivity contribution in [3.8, 4) is 5.75 Å². The summed E-state index contributed by atoms with van der Waals surface area (Å²) in [6.07, 6.45) is 2.73. The van der Waals surface area contributed by atoms with Gasteiger partial charge in [-0.15, -0.1) is 0 Å². The molecule has 20 heavy (non-hydrogen) atoms. The number of hydrogen-bond donors (Lipinski definition) is 2. The number of hydrogen-bond acceptors (Lipinski definition) is 2. The fraction of sp³-hybridized carbons (Fsp3) is 0.471. The molecular weight excluding hydrogens is 252 g/mol. The first kappa shape index (κ1) is 16.3. The maximum absolute atomic E-state index is 10.7. The van der Waals surface area contributed by atoms with E-state index in [1.807, 2.05) is 47.6 Å². The van der Waals surface area contributed by atoms with E-state index in [0.29, 0.717) is 0 Å². The van der Waals surface area contributed by atoms with Crippen LogP contribution in [0.1, 0.15) is 58.2 Å². The van der Waals surface area contributed by atoms with E-state index in [9.17, 15) is 9.90 Å². The third-order valence-electron chi connectivity index (χ3n) is 3.19. The lowest BCUT2D eigenvalue weighted by Crippen LogP contribution is -2.17. The molecule has 110 valence electrons. The van der Waals surface area contributed by atoms with E-state index in [4.69, 9.17) is 5.11 Å². The topological polar surface area (TPSA) is 57.5 Å². The van der Waals surface area contributed by atoms with Gasteiger partial charge in [0, 0.05) is 6.08 Å². The molecule has 0 aliphatic heterocycles. The summed E-state index contributed by atoms with van der Waals surface area (Å²) in [6, 6.07) is 3.64. The molecule has 0 fully saturated rings. The number of phenolic OH excluding ortho intramolecular Hbond substituents is 1. The lowest BCUT2D eigenvalue weighted by Gasteiger charge is -2.27. The molecule has 2 N–H and O–H groups in total. The van der Waals surface area contributed by atoms with Crippen LogP contribution in [0.4, 0.5) is 0 Å². The molecule has 0 atom stereocenters. The van der Waals surface area contributed by atoms with Crippen molar-refractivity contribution in [3.63, 3.8) is 0 Å². The molecule has 3 nitrogen and oxygen atoms in total. The third-order valence-corrected chi connectivity index (χ3v) is 3.19. The lowest BCUT2D eigenvalue weighted by atomic mass is 9.78. The van der Waals surface area contributed by atoms with Crippen molar-refractivity contribution in [2.24, 2.45) is 0 Å². The minimum atomic E-state index is -0.977. The smallest absolute Gasteiger partial charge is 0.328 e. The zero-order chi connectivity index (χ0) is 15.7. The maximum atomic E-state index is 10.7. The Morgan fingerprint density at radius 3 is 1.90 bits per heavy atom. The highest BCUT2D eigenvalue weighted by atomic mass is 16.4. The van der Waals surface area contributed by atoms with Gasteiger partial charge in [0.1, 0.15) is 5.75 Å². The van der Waals surface area contributed by atoms with Crippen molar-refractivity contribution < 1.29 is 15.0 Å². The standard InChI is InChI=1S/C17H24O3/c1-16(2,3)12-10-14(18)13(17(4,5)6)9-11(12)7-8-15(19)20/h7-10,18H,1-6H3,(H,19,20)/b8-7+. The van der Waals surface area contributed by atoms with Crippen LogP contribution in [0.2, 0.25) is 0 Å². The average molecular weight is 276 g/mol. The molecule has 0 amide bonds. The van der Waals surface area contributed by atoms with Gasteiger partial charge in [-0.05, 0) is 45.7 Å². The second-order valence-electron chi connectivity index (χ2n) is 7.13. The van der Waals surface area contributed by atoms with E-state index >= 15 is 0 Å². The van der Waals surface area contributed by atoms with E-state index < -0.39 is 5.97 Å². The van der Waals surface area contributed by atoms with Crippen molar-refractivity contribution in [2.75, 3.05) is 0 Å². The molecule has 0 radical (unpaired) electrons. The van der Waals surface area contributed by atoms with Gasteiger partial charge < -0.3 is 10.2 Å². The summed E-state index contributed by atoms with van der Waals surface area (Å²) in [6.45, 7) is 12.2. The number of phenols is 1. The summed E-state index contributed by atoms with van der Waals surface area (Å²) in [7, 11) is 0. The van der Waals surface area contributed by atoms with Gasteiger partial charge in [0.15, 0.2) is 0 Å². The van der Waals surface area contributed by atoms with Crippen LogP contribution in [0.3, 0.4) is 0 Å². The molecule has 0 heterocycles. The first-order chi connectivity index (χ1) is 8.93. The molecule has 0 saturated heterocycles. The second-order valence-corrected chi connectivity index (χ2v) is 7.13. The predicted octanol–water partition coefficient (Wildman–Crippen LogP) is 4.09. The zero-order valence-electron chi connectivity index (χ0n) is 13.1. The average Bonchev–Trinajstić information content (AvgIpc) is 2.23. The number of rotatable bonds is 2. The van der Waals surface area contributed by atoms with E-state index in [-0.39, 0.29) is 16.6 Å². The van der Waals surface area contributed by atoms with Crippen molar-refractivity contribution >= 4 is 12.0 Å². The zero-order valence-corrected chi connectivity index (χ0v) is 13.1. The molecule has 1 aromatic carbocycles. The predicted molar refractivity (Wildman–Crippen MR) is 82.2 cm³/mol. The maximum Gasteiger partial charge on any atom is 0.328 e. The molecule has 0 bridgehead atoms. The van der Waals surface area contributed by atoms with Gasteiger partial charge in [-0.2, -0.15) is 0 Å². The summed E-state index contributed by atoms with van der Waals surface area (Å²) in [5.74, 6) is -0.717. The van der Waals surface area contributed by atoms with Crippen LogP contribution in [-0.4, -0.2) is 16.2 Å². The van der Waals surface area contributed by atoms with Crippen LogP contribution in [0.25, 0.3) is 6.08 Å². The number of carboxylic acid groups (broad SMARTS) is 1. The molecule has 0 saturated carbocycles. The van der Waals surface area contributed by atoms with Gasteiger partial charge in [0.05, 0.1) is 0 Å². The molecule has 1 aromatic rings. The van der Waals surface area contributed by atoms with Crippen molar-refractivity contribution in [3.05, 3.63) is 34.9 Å². The van der Waals surface area contributed by atoms with Crippen LogP contribution < -0.4 is 0 Å². The fourth-order valence-electron chi connectivity index (χ4n) is 2.15. The van der Waals surface area contributed by atoms with E-state index in [2.05, 4.69) is 0 Å². The van der Waals surface area contributed by atoms with Crippen LogP contribution in [0.15, 0.2) is 18.2 Å². The van der Waals surface area contributed by atoms with E-state index in [1.165, 1.54) is 0 Å². The minimum Gasteiger partial charge on any atom is -0.508 e. The molecule has 3 heteroatoms. The minimum absolute atomic E-state index is 0.175. The monoisotopic (exact) mass is 276 g/mol. The van der Waals surface area contributed by atoms with Gasteiger partial charge in [-0.1, -0.05) is 41.5 Å². The Hall–Kier alpha value is -1.77. The first-order valence-electron chi connectivity index (χ1n) is 6.72. The van der Waals surface area contributed by atoms with Gasteiger partial charge in [-0.3, -0.25) is 0 Å². The third kappa shape index (κ3) is 3.86. The molecule has 0 unspecified atom stereocenters. The Morgan fingerprint density at radius 1 is 1.00 bits per heavy atom. The summed E-state index contributed by atoms with van der Waals surface area (Å²) in [5.41, 5.74) is 2.21. The quantitative estimate of drug-likeness (QED) is 0.800. The van der Waals surface area contributed by atoms with Gasteiger partial charge in [0.2, 0.25) is 0 Å². The largest absolute Gasteiger partial charge is 0.508 e. The highest BCUT2D eigenvalue weighted by Crippen LogP contribution is 2.37. The van der Waals surface area contributed by atoms with Gasteiger partial charge in [-0.25, -0.2) is 4.79 Å². The molecule has 0 aromatic heterocycles. The second kappa shape index (κ2) is 5.31. The number of aromatic hydroxyl groups is 1. The molecule has 0 spiro atoms. The summed E-state index contributed by atoms with van der Waals surface area (Å²) in [4.78, 5) is 10.7. The van der Waals surface area contributed by atoms with Crippen molar-refractivity contribution in [2.45, 2.75) is 52.4 Å². The Labute approximate surface area is 121 Å². The summed E-state index contributed by atoms with van der Waals surface area (Å²) >= 11 is 0. The molecular formula is C17H24O3. The van der Waals surface area contributed by atoms with Crippen LogP contribution in [-0.2, 0) is 15.6 Å². The first-order valence-corrected chi connectivity index (χ1v) is 6.72. The van der Waals surface area contributed by atoms with Crippen molar-refractivity contribution in [1.29, 1.82) is 0 Å². The highest BCUT2D eigenvalue weighted by Gasteiger charge is 2.24. The summed E-state index contributed by atoms with van der Waals surface area (Å²) < 4.78 is 0. The van der Waals surface area contributed by atoms with Crippen LogP contribution in [0.5, 0.6) is 5.75 Å². The number of benzene rings is 1. The Bertz CT molecular complexity index is 541. The SMILES string of the molecule is CC(C)(C)c1cc(/C=C/C(=O)O)c(C(C)(C)C)cc1O. The van der Waals surface area contributed by atoms with Gasteiger partial charge in [0.25, 0.3) is 0 Å². The molecule has 1 rings (SSSR count). The lowest BCUT2D eigenvalue weighted by molar-refractivity contribution is -0.131. The Kier molecular flexibility index (Phi) is 4.33. The van der Waals surface area contributed by atoms with Crippen molar-refractivity contribution in [1.82, 2.24) is 0 Å². The fourth-order valence-corrected chi connectivity index (χ4v) is 2.15.